The maximum Gasteiger partial charge on any atom is 0.156 e. The van der Waals surface area contributed by atoms with Crippen molar-refractivity contribution in [1.82, 2.24) is 10.6 Å². The Kier molecular flexibility index (Phi) is 12.0. The average Bonchev–Trinajstić information content (AvgIpc) is 3.17. The third-order valence-electron chi connectivity index (χ3n) is 8.52. The predicted octanol–water partition coefficient (Wildman–Crippen LogP) is 9.69. The van der Waals surface area contributed by atoms with Gasteiger partial charge in [-0.2, -0.15) is 0 Å². The van der Waals surface area contributed by atoms with Crippen molar-refractivity contribution in [2.75, 3.05) is 28.3 Å². The SMILES string of the molecule is CN=C(NCc1cc2ccccc2c(-c2c(OC)c(CNC(=NC)SCc3ccccc3)cc3ccccc23)c1OC)SCc1ccccc1. The van der Waals surface area contributed by atoms with Gasteiger partial charge in [0.25, 0.3) is 0 Å². The van der Waals surface area contributed by atoms with Crippen LogP contribution in [0.1, 0.15) is 22.3 Å². The van der Waals surface area contributed by atoms with Crippen LogP contribution < -0.4 is 20.1 Å². The van der Waals surface area contributed by atoms with E-state index in [1.54, 1.807) is 37.7 Å². The number of rotatable bonds is 11. The first-order valence-electron chi connectivity index (χ1n) is 16.6. The molecule has 0 atom stereocenters. The Labute approximate surface area is 303 Å². The molecule has 0 radical (unpaired) electrons. The first-order chi connectivity index (χ1) is 24.6. The zero-order valence-electron chi connectivity index (χ0n) is 28.9. The van der Waals surface area contributed by atoms with E-state index in [1.807, 2.05) is 26.2 Å². The molecule has 0 aliphatic rings. The largest absolute Gasteiger partial charge is 0.496 e. The van der Waals surface area contributed by atoms with E-state index in [1.165, 1.54) is 11.1 Å². The van der Waals surface area contributed by atoms with E-state index in [-0.39, 0.29) is 0 Å². The van der Waals surface area contributed by atoms with Crippen LogP contribution in [-0.4, -0.2) is 38.7 Å². The summed E-state index contributed by atoms with van der Waals surface area (Å²) in [5.74, 6) is 3.28. The smallest absolute Gasteiger partial charge is 0.156 e. The monoisotopic (exact) mass is 698 g/mol. The molecule has 6 aromatic rings. The quantitative estimate of drug-likeness (QED) is 0.104. The first kappa shape index (κ1) is 34.9. The molecule has 0 fully saturated rings. The summed E-state index contributed by atoms with van der Waals surface area (Å²) in [6.07, 6.45) is 0. The highest BCUT2D eigenvalue weighted by molar-refractivity contribution is 8.13. The molecule has 0 saturated heterocycles. The molecular weight excluding hydrogens is 657 g/mol. The van der Waals surface area contributed by atoms with Crippen molar-refractivity contribution in [2.45, 2.75) is 24.6 Å². The summed E-state index contributed by atoms with van der Waals surface area (Å²) in [6.45, 7) is 1.10. The zero-order valence-corrected chi connectivity index (χ0v) is 30.5. The number of amidine groups is 2. The summed E-state index contributed by atoms with van der Waals surface area (Å²) in [5, 5.41) is 13.4. The van der Waals surface area contributed by atoms with Gasteiger partial charge in [0.15, 0.2) is 10.3 Å². The lowest BCUT2D eigenvalue weighted by Crippen LogP contribution is -2.21. The number of nitrogens with zero attached hydrogens (tertiary/aromatic N) is 2. The van der Waals surface area contributed by atoms with Crippen molar-refractivity contribution in [3.05, 3.63) is 144 Å². The van der Waals surface area contributed by atoms with Gasteiger partial charge in [-0.15, -0.1) is 0 Å². The Hall–Kier alpha value is -4.92. The molecule has 0 aliphatic heterocycles. The van der Waals surface area contributed by atoms with E-state index in [0.29, 0.717) is 13.1 Å². The molecule has 0 amide bonds. The topological polar surface area (TPSA) is 67.2 Å². The predicted molar refractivity (Wildman–Crippen MR) is 216 cm³/mol. The van der Waals surface area contributed by atoms with E-state index in [0.717, 1.165) is 77.1 Å². The van der Waals surface area contributed by atoms with Gasteiger partial charge >= 0.3 is 0 Å². The van der Waals surface area contributed by atoms with Crippen molar-refractivity contribution < 1.29 is 9.47 Å². The van der Waals surface area contributed by atoms with Gasteiger partial charge in [0, 0.05) is 60.9 Å². The van der Waals surface area contributed by atoms with Crippen LogP contribution in [0.2, 0.25) is 0 Å². The standard InChI is InChI=1S/C42H42N4O2S2/c1-43-41(49-27-29-15-7-5-8-16-29)45-25-33-23-31-19-11-13-21-35(31)37(39(33)47-3)38-36-22-14-12-20-32(36)24-34(40(38)48-4)26-46-42(44-2)50-28-30-17-9-6-10-18-30/h5-24H,25-28H2,1-4H3,(H,43,45)(H,44,46). The summed E-state index contributed by atoms with van der Waals surface area (Å²) >= 11 is 3.39. The van der Waals surface area contributed by atoms with Gasteiger partial charge in [-0.25, -0.2) is 0 Å². The molecule has 6 aromatic carbocycles. The zero-order chi connectivity index (χ0) is 34.7. The van der Waals surface area contributed by atoms with Crippen molar-refractivity contribution in [3.8, 4) is 22.6 Å². The number of thioether (sulfide) groups is 2. The molecular formula is C42H42N4O2S2. The highest BCUT2D eigenvalue weighted by Gasteiger charge is 2.24. The second kappa shape index (κ2) is 17.1. The van der Waals surface area contributed by atoms with Crippen molar-refractivity contribution >= 4 is 55.4 Å². The minimum absolute atomic E-state index is 0.548. The normalized spacial score (nSPS) is 11.9. The highest BCUT2D eigenvalue weighted by atomic mass is 32.2. The number of benzene rings is 6. The molecule has 50 heavy (non-hydrogen) atoms. The number of nitrogens with one attached hydrogen (secondary N) is 2. The van der Waals surface area contributed by atoms with Crippen molar-refractivity contribution in [2.24, 2.45) is 9.98 Å². The maximum atomic E-state index is 6.33. The minimum atomic E-state index is 0.548. The summed E-state index contributed by atoms with van der Waals surface area (Å²) in [5.41, 5.74) is 6.60. The van der Waals surface area contributed by atoms with E-state index < -0.39 is 0 Å². The Bertz CT molecular complexity index is 1970. The fourth-order valence-electron chi connectivity index (χ4n) is 6.18. The van der Waals surface area contributed by atoms with Crippen LogP contribution in [0.5, 0.6) is 11.5 Å². The van der Waals surface area contributed by atoms with E-state index in [9.17, 15) is 0 Å². The molecule has 0 bridgehead atoms. The second-order valence-corrected chi connectivity index (χ2v) is 13.6. The fraction of sp³-hybridized carbons (Fsp3) is 0.190. The molecule has 0 aromatic heterocycles. The summed E-state index contributed by atoms with van der Waals surface area (Å²) < 4.78 is 12.7. The third-order valence-corrected chi connectivity index (χ3v) is 10.7. The molecule has 0 heterocycles. The molecule has 0 aliphatic carbocycles. The molecule has 2 N–H and O–H groups in total. The van der Waals surface area contributed by atoms with Crippen molar-refractivity contribution in [1.29, 1.82) is 0 Å². The van der Waals surface area contributed by atoms with E-state index in [4.69, 9.17) is 9.47 Å². The minimum Gasteiger partial charge on any atom is -0.496 e. The lowest BCUT2D eigenvalue weighted by Gasteiger charge is -2.23. The molecule has 8 heteroatoms. The number of fused-ring (bicyclic) bond motifs is 2. The van der Waals surface area contributed by atoms with Crippen LogP contribution in [0.4, 0.5) is 0 Å². The molecule has 0 spiro atoms. The maximum absolute atomic E-state index is 6.33. The second-order valence-electron chi connectivity index (χ2n) is 11.6. The molecule has 0 unspecified atom stereocenters. The Morgan fingerprint density at radius 2 is 0.920 bits per heavy atom. The fourth-order valence-corrected chi connectivity index (χ4v) is 7.78. The number of hydrogen-bond acceptors (Lipinski definition) is 6. The Morgan fingerprint density at radius 3 is 1.30 bits per heavy atom. The molecule has 254 valence electrons. The van der Waals surface area contributed by atoms with Crippen LogP contribution in [0, 0.1) is 0 Å². The molecule has 6 rings (SSSR count). The number of ether oxygens (including phenoxy) is 2. The van der Waals surface area contributed by atoms with Gasteiger partial charge in [0.1, 0.15) is 11.5 Å². The van der Waals surface area contributed by atoms with Crippen LogP contribution >= 0.6 is 23.5 Å². The van der Waals surface area contributed by atoms with Gasteiger partial charge < -0.3 is 20.1 Å². The van der Waals surface area contributed by atoms with Gasteiger partial charge in [0.2, 0.25) is 0 Å². The number of hydrogen-bond donors (Lipinski definition) is 2. The van der Waals surface area contributed by atoms with Gasteiger partial charge in [-0.1, -0.05) is 133 Å². The third kappa shape index (κ3) is 8.09. The van der Waals surface area contributed by atoms with Crippen molar-refractivity contribution in [3.63, 3.8) is 0 Å². The number of aliphatic imine (C=N–C) groups is 2. The van der Waals surface area contributed by atoms with Crippen LogP contribution in [0.3, 0.4) is 0 Å². The van der Waals surface area contributed by atoms with Crippen LogP contribution in [0.15, 0.2) is 131 Å². The molecule has 0 saturated carbocycles. The lowest BCUT2D eigenvalue weighted by molar-refractivity contribution is 0.405. The van der Waals surface area contributed by atoms with E-state index in [2.05, 4.69) is 130 Å². The van der Waals surface area contributed by atoms with Crippen LogP contribution in [-0.2, 0) is 24.6 Å². The summed E-state index contributed by atoms with van der Waals surface area (Å²) in [7, 11) is 7.16. The van der Waals surface area contributed by atoms with E-state index >= 15 is 0 Å². The summed E-state index contributed by atoms with van der Waals surface area (Å²) in [6, 6.07) is 42.3. The Morgan fingerprint density at radius 1 is 0.540 bits per heavy atom. The number of methoxy groups -OCH3 is 2. The van der Waals surface area contributed by atoms with Crippen LogP contribution in [0.25, 0.3) is 32.7 Å². The summed E-state index contributed by atoms with van der Waals surface area (Å²) in [4.78, 5) is 9.12. The van der Waals surface area contributed by atoms with Gasteiger partial charge in [-0.05, 0) is 44.8 Å². The highest BCUT2D eigenvalue weighted by Crippen LogP contribution is 2.48. The van der Waals surface area contributed by atoms with Gasteiger partial charge in [-0.3, -0.25) is 9.98 Å². The van der Waals surface area contributed by atoms with Gasteiger partial charge in [0.05, 0.1) is 14.2 Å². The average molecular weight is 699 g/mol. The lowest BCUT2D eigenvalue weighted by atomic mass is 9.88. The molecule has 6 nitrogen and oxygen atoms in total. The first-order valence-corrected chi connectivity index (χ1v) is 18.5. The Balaban J connectivity index is 1.38.